The molecule has 104 valence electrons. The molecule has 5 nitrogen and oxygen atoms in total. The SMILES string of the molecule is O=C(O)C(Nc1ccc(Cl)cc1)c1cncn1C1CC1. The van der Waals surface area contributed by atoms with E-state index in [0.717, 1.165) is 12.8 Å². The van der Waals surface area contributed by atoms with Crippen LogP contribution in [-0.4, -0.2) is 20.6 Å². The van der Waals surface area contributed by atoms with Gasteiger partial charge in [0, 0.05) is 16.8 Å². The van der Waals surface area contributed by atoms with E-state index < -0.39 is 12.0 Å². The van der Waals surface area contributed by atoms with Crippen LogP contribution in [0.2, 0.25) is 5.02 Å². The van der Waals surface area contributed by atoms with Gasteiger partial charge in [0.25, 0.3) is 0 Å². The van der Waals surface area contributed by atoms with Gasteiger partial charge in [0.15, 0.2) is 6.04 Å². The van der Waals surface area contributed by atoms with E-state index in [2.05, 4.69) is 10.3 Å². The number of hydrogen-bond acceptors (Lipinski definition) is 3. The highest BCUT2D eigenvalue weighted by atomic mass is 35.5. The first-order valence-electron chi connectivity index (χ1n) is 6.42. The summed E-state index contributed by atoms with van der Waals surface area (Å²) in [6, 6.07) is 6.54. The number of nitrogens with zero attached hydrogens (tertiary/aromatic N) is 2. The summed E-state index contributed by atoms with van der Waals surface area (Å²) in [5, 5.41) is 13.1. The highest BCUT2D eigenvalue weighted by Gasteiger charge is 2.30. The van der Waals surface area contributed by atoms with Crippen molar-refractivity contribution in [1.82, 2.24) is 9.55 Å². The van der Waals surface area contributed by atoms with Crippen LogP contribution in [-0.2, 0) is 4.79 Å². The molecule has 1 heterocycles. The molecule has 0 saturated heterocycles. The Bertz CT molecular complexity index is 620. The quantitative estimate of drug-likeness (QED) is 0.888. The molecule has 1 aromatic carbocycles. The minimum atomic E-state index is -0.928. The van der Waals surface area contributed by atoms with Crippen molar-refractivity contribution in [2.24, 2.45) is 0 Å². The standard InChI is InChI=1S/C14H14ClN3O2/c15-9-1-3-10(4-2-9)17-13(14(19)20)12-7-16-8-18(12)11-5-6-11/h1-4,7-8,11,13,17H,5-6H2,(H,19,20). The lowest BCUT2D eigenvalue weighted by atomic mass is 10.2. The molecule has 0 spiro atoms. The first-order valence-corrected chi connectivity index (χ1v) is 6.79. The summed E-state index contributed by atoms with van der Waals surface area (Å²) in [6.45, 7) is 0. The van der Waals surface area contributed by atoms with Crippen LogP contribution < -0.4 is 5.32 Å². The van der Waals surface area contributed by atoms with Gasteiger partial charge in [-0.25, -0.2) is 9.78 Å². The van der Waals surface area contributed by atoms with Crippen LogP contribution in [0.15, 0.2) is 36.8 Å². The van der Waals surface area contributed by atoms with E-state index >= 15 is 0 Å². The van der Waals surface area contributed by atoms with Gasteiger partial charge in [-0.05, 0) is 37.1 Å². The Morgan fingerprint density at radius 2 is 2.10 bits per heavy atom. The maximum atomic E-state index is 11.5. The zero-order valence-corrected chi connectivity index (χ0v) is 11.4. The van der Waals surface area contributed by atoms with Crippen molar-refractivity contribution in [2.45, 2.75) is 24.9 Å². The van der Waals surface area contributed by atoms with Gasteiger partial charge in [-0.1, -0.05) is 11.6 Å². The average molecular weight is 292 g/mol. The Kier molecular flexibility index (Phi) is 3.36. The number of aliphatic carboxylic acids is 1. The van der Waals surface area contributed by atoms with Crippen molar-refractivity contribution >= 4 is 23.3 Å². The molecule has 3 rings (SSSR count). The second kappa shape index (κ2) is 5.17. The number of halogens is 1. The van der Waals surface area contributed by atoms with Crippen LogP contribution in [0.25, 0.3) is 0 Å². The Morgan fingerprint density at radius 3 is 2.70 bits per heavy atom. The number of anilines is 1. The van der Waals surface area contributed by atoms with E-state index in [1.807, 2.05) is 4.57 Å². The summed E-state index contributed by atoms with van der Waals surface area (Å²) in [4.78, 5) is 15.6. The van der Waals surface area contributed by atoms with Gasteiger partial charge in [-0.3, -0.25) is 0 Å². The fourth-order valence-corrected chi connectivity index (χ4v) is 2.30. The number of carboxylic acids is 1. The molecule has 1 saturated carbocycles. The molecule has 1 atom stereocenters. The summed E-state index contributed by atoms with van der Waals surface area (Å²) < 4.78 is 1.95. The lowest BCUT2D eigenvalue weighted by Gasteiger charge is -2.17. The second-order valence-corrected chi connectivity index (χ2v) is 5.32. The van der Waals surface area contributed by atoms with Gasteiger partial charge in [-0.2, -0.15) is 0 Å². The van der Waals surface area contributed by atoms with E-state index in [9.17, 15) is 9.90 Å². The van der Waals surface area contributed by atoms with Crippen LogP contribution in [0.1, 0.15) is 30.6 Å². The van der Waals surface area contributed by atoms with Gasteiger partial charge in [0.2, 0.25) is 0 Å². The summed E-state index contributed by atoms with van der Waals surface area (Å²) in [7, 11) is 0. The summed E-state index contributed by atoms with van der Waals surface area (Å²) in [5.41, 5.74) is 1.39. The highest BCUT2D eigenvalue weighted by Crippen LogP contribution is 2.37. The minimum Gasteiger partial charge on any atom is -0.479 e. The first-order chi connectivity index (χ1) is 9.65. The van der Waals surface area contributed by atoms with Crippen molar-refractivity contribution in [3.8, 4) is 0 Å². The molecule has 0 radical (unpaired) electrons. The molecule has 6 heteroatoms. The molecule has 2 aromatic rings. The maximum Gasteiger partial charge on any atom is 0.332 e. The van der Waals surface area contributed by atoms with Gasteiger partial charge >= 0.3 is 5.97 Å². The molecule has 2 N–H and O–H groups in total. The first kappa shape index (κ1) is 13.0. The van der Waals surface area contributed by atoms with Crippen molar-refractivity contribution < 1.29 is 9.90 Å². The summed E-state index contributed by atoms with van der Waals surface area (Å²) in [5.74, 6) is -0.928. The Morgan fingerprint density at radius 1 is 1.40 bits per heavy atom. The summed E-state index contributed by atoms with van der Waals surface area (Å²) in [6.07, 6.45) is 5.47. The Balaban J connectivity index is 1.87. The molecule has 0 bridgehead atoms. The fraction of sp³-hybridized carbons (Fsp3) is 0.286. The number of nitrogens with one attached hydrogen (secondary N) is 1. The van der Waals surface area contributed by atoms with Crippen LogP contribution in [0, 0.1) is 0 Å². The molecule has 1 fully saturated rings. The third-order valence-electron chi connectivity index (χ3n) is 3.33. The minimum absolute atomic E-state index is 0.390. The predicted octanol–water partition coefficient (Wildman–Crippen LogP) is 3.11. The number of imidazole rings is 1. The van der Waals surface area contributed by atoms with E-state index in [4.69, 9.17) is 11.6 Å². The molecule has 1 unspecified atom stereocenters. The number of aromatic nitrogens is 2. The smallest absolute Gasteiger partial charge is 0.332 e. The lowest BCUT2D eigenvalue weighted by Crippen LogP contribution is -2.23. The third-order valence-corrected chi connectivity index (χ3v) is 3.59. The van der Waals surface area contributed by atoms with Gasteiger partial charge < -0.3 is 15.0 Å². The molecule has 1 aromatic heterocycles. The number of rotatable bonds is 5. The zero-order valence-electron chi connectivity index (χ0n) is 10.7. The molecule has 1 aliphatic rings. The van der Waals surface area contributed by atoms with Gasteiger partial charge in [0.05, 0.1) is 18.2 Å². The van der Waals surface area contributed by atoms with Gasteiger partial charge in [-0.15, -0.1) is 0 Å². The Hall–Kier alpha value is -2.01. The fourth-order valence-electron chi connectivity index (χ4n) is 2.17. The average Bonchev–Trinajstić information content (AvgIpc) is 3.16. The molecule has 20 heavy (non-hydrogen) atoms. The zero-order chi connectivity index (χ0) is 14.1. The molecular weight excluding hydrogens is 278 g/mol. The van der Waals surface area contributed by atoms with E-state index in [0.29, 0.717) is 22.4 Å². The highest BCUT2D eigenvalue weighted by molar-refractivity contribution is 6.30. The predicted molar refractivity (Wildman–Crippen MR) is 75.9 cm³/mol. The number of hydrogen-bond donors (Lipinski definition) is 2. The number of carbonyl (C=O) groups is 1. The largest absolute Gasteiger partial charge is 0.479 e. The van der Waals surface area contributed by atoms with Gasteiger partial charge in [0.1, 0.15) is 0 Å². The topological polar surface area (TPSA) is 67.2 Å². The van der Waals surface area contributed by atoms with Crippen LogP contribution in [0.3, 0.4) is 0 Å². The molecule has 0 amide bonds. The molecular formula is C14H14ClN3O2. The second-order valence-electron chi connectivity index (χ2n) is 4.88. The van der Waals surface area contributed by atoms with Crippen molar-refractivity contribution in [3.05, 3.63) is 47.5 Å². The summed E-state index contributed by atoms with van der Waals surface area (Å²) >= 11 is 5.83. The lowest BCUT2D eigenvalue weighted by molar-refractivity contribution is -0.138. The number of benzene rings is 1. The normalized spacial score (nSPS) is 15.8. The van der Waals surface area contributed by atoms with Crippen LogP contribution >= 0.6 is 11.6 Å². The number of carboxylic acid groups (broad SMARTS) is 1. The molecule has 1 aliphatic carbocycles. The third kappa shape index (κ3) is 2.63. The molecule has 0 aliphatic heterocycles. The van der Waals surface area contributed by atoms with Crippen LogP contribution in [0.5, 0.6) is 0 Å². The van der Waals surface area contributed by atoms with Crippen LogP contribution in [0.4, 0.5) is 5.69 Å². The van der Waals surface area contributed by atoms with E-state index in [1.165, 1.54) is 0 Å². The van der Waals surface area contributed by atoms with E-state index in [-0.39, 0.29) is 0 Å². The monoisotopic (exact) mass is 291 g/mol. The van der Waals surface area contributed by atoms with Crippen molar-refractivity contribution in [1.29, 1.82) is 0 Å². The van der Waals surface area contributed by atoms with Crippen molar-refractivity contribution in [2.75, 3.05) is 5.32 Å². The van der Waals surface area contributed by atoms with E-state index in [1.54, 1.807) is 36.8 Å². The maximum absolute atomic E-state index is 11.5. The van der Waals surface area contributed by atoms with Crippen molar-refractivity contribution in [3.63, 3.8) is 0 Å². The Labute approximate surface area is 121 Å².